The van der Waals surface area contributed by atoms with E-state index in [0.717, 1.165) is 11.6 Å². The minimum absolute atomic E-state index is 0.101. The number of sulfone groups is 1. The molecule has 5 nitrogen and oxygen atoms in total. The van der Waals surface area contributed by atoms with Crippen LogP contribution in [0.3, 0.4) is 0 Å². The van der Waals surface area contributed by atoms with Crippen molar-refractivity contribution in [2.45, 2.75) is 16.7 Å². The molecule has 4 rings (SSSR count). The van der Waals surface area contributed by atoms with Gasteiger partial charge in [0.1, 0.15) is 10.7 Å². The zero-order valence-electron chi connectivity index (χ0n) is 16.6. The molecule has 8 heteroatoms. The molecular weight excluding hydrogens is 441 g/mol. The van der Waals surface area contributed by atoms with E-state index in [1.807, 2.05) is 6.92 Å². The van der Waals surface area contributed by atoms with Crippen molar-refractivity contribution in [3.63, 3.8) is 0 Å². The van der Waals surface area contributed by atoms with E-state index >= 15 is 0 Å². The van der Waals surface area contributed by atoms with Gasteiger partial charge in [-0.15, -0.1) is 0 Å². The lowest BCUT2D eigenvalue weighted by molar-refractivity contribution is 0.404. The normalized spacial score (nSPS) is 12.3. The summed E-state index contributed by atoms with van der Waals surface area (Å²) in [6, 6.07) is 16.9. The summed E-state index contributed by atoms with van der Waals surface area (Å²) in [7, 11) is -2.49. The van der Waals surface area contributed by atoms with Gasteiger partial charge in [0.05, 0.1) is 22.7 Å². The summed E-state index contributed by atoms with van der Waals surface area (Å²) in [5.74, 6) is -0.185. The summed E-state index contributed by atoms with van der Waals surface area (Å²) < 4.78 is 51.7. The Kier molecular flexibility index (Phi) is 5.56. The highest BCUT2D eigenvalue weighted by atomic mass is 35.5. The zero-order valence-corrected chi connectivity index (χ0v) is 18.2. The van der Waals surface area contributed by atoms with Gasteiger partial charge < -0.3 is 9.15 Å². The average molecular weight is 458 g/mol. The average Bonchev–Trinajstić information content (AvgIpc) is 2.75. The number of fused-ring (bicyclic) bond motifs is 1. The highest BCUT2D eigenvalue weighted by molar-refractivity contribution is 7.91. The fourth-order valence-corrected chi connectivity index (χ4v) is 4.58. The van der Waals surface area contributed by atoms with Crippen LogP contribution in [0.25, 0.3) is 11.0 Å². The molecule has 1 heterocycles. The third-order valence-electron chi connectivity index (χ3n) is 4.68. The van der Waals surface area contributed by atoms with Crippen molar-refractivity contribution in [1.82, 2.24) is 0 Å². The van der Waals surface area contributed by atoms with Crippen LogP contribution in [0, 0.1) is 12.7 Å². The quantitative estimate of drug-likeness (QED) is 0.399. The van der Waals surface area contributed by atoms with Gasteiger partial charge in [-0.1, -0.05) is 41.4 Å². The zero-order chi connectivity index (χ0) is 22.2. The van der Waals surface area contributed by atoms with Gasteiger partial charge >= 0.3 is 0 Å². The van der Waals surface area contributed by atoms with Crippen molar-refractivity contribution in [2.75, 3.05) is 7.11 Å². The topological polar surface area (TPSA) is 68.9 Å². The molecule has 0 atom stereocenters. The molecule has 0 saturated heterocycles. The Bertz CT molecular complexity index is 1460. The van der Waals surface area contributed by atoms with Gasteiger partial charge in [-0.3, -0.25) is 0 Å². The van der Waals surface area contributed by atoms with Crippen LogP contribution < -0.4 is 10.3 Å². The van der Waals surface area contributed by atoms with E-state index in [2.05, 4.69) is 4.99 Å². The molecule has 3 aromatic carbocycles. The lowest BCUT2D eigenvalue weighted by atomic mass is 10.2. The molecule has 0 saturated carbocycles. The van der Waals surface area contributed by atoms with Gasteiger partial charge in [0.15, 0.2) is 11.3 Å². The van der Waals surface area contributed by atoms with Gasteiger partial charge in [0.25, 0.3) is 0 Å². The Morgan fingerprint density at radius 1 is 1.03 bits per heavy atom. The first kappa shape index (κ1) is 21.1. The molecule has 158 valence electrons. The van der Waals surface area contributed by atoms with Gasteiger partial charge in [0, 0.05) is 5.39 Å². The molecule has 0 amide bonds. The Labute approximate surface area is 183 Å². The molecule has 0 N–H and O–H groups in total. The summed E-state index contributed by atoms with van der Waals surface area (Å²) in [6.07, 6.45) is 0. The largest absolute Gasteiger partial charge is 0.493 e. The van der Waals surface area contributed by atoms with Crippen molar-refractivity contribution in [3.05, 3.63) is 88.7 Å². The number of aryl methyl sites for hydroxylation is 1. The number of nitrogens with zero attached hydrogens (tertiary/aromatic N) is 1. The third-order valence-corrected chi connectivity index (χ3v) is 6.73. The summed E-state index contributed by atoms with van der Waals surface area (Å²) >= 11 is 5.86. The highest BCUT2D eigenvalue weighted by Gasteiger charge is 2.23. The van der Waals surface area contributed by atoms with Crippen LogP contribution in [0.4, 0.5) is 10.1 Å². The third kappa shape index (κ3) is 4.06. The predicted molar refractivity (Wildman–Crippen MR) is 116 cm³/mol. The Morgan fingerprint density at radius 3 is 2.45 bits per heavy atom. The monoisotopic (exact) mass is 457 g/mol. The summed E-state index contributed by atoms with van der Waals surface area (Å²) in [5, 5.41) is 0.392. The van der Waals surface area contributed by atoms with E-state index < -0.39 is 15.7 Å². The number of ether oxygens (including phenoxy) is 1. The molecule has 0 aliphatic carbocycles. The molecule has 4 aromatic rings. The first-order chi connectivity index (χ1) is 14.8. The van der Waals surface area contributed by atoms with Gasteiger partial charge in [0.2, 0.25) is 15.4 Å². The van der Waals surface area contributed by atoms with Crippen LogP contribution in [0.15, 0.2) is 85.9 Å². The number of halogens is 2. The number of hydrogen-bond acceptors (Lipinski definition) is 5. The second-order valence-electron chi connectivity index (χ2n) is 6.82. The Hall–Kier alpha value is -3.16. The molecular formula is C23H17ClFNO4S. The van der Waals surface area contributed by atoms with E-state index in [-0.39, 0.29) is 26.1 Å². The predicted octanol–water partition coefficient (Wildman–Crippen LogP) is 5.61. The summed E-state index contributed by atoms with van der Waals surface area (Å²) in [5.41, 5.74) is 1.34. The minimum Gasteiger partial charge on any atom is -0.493 e. The van der Waals surface area contributed by atoms with Crippen LogP contribution in [0.5, 0.6) is 5.75 Å². The van der Waals surface area contributed by atoms with Crippen LogP contribution in [-0.4, -0.2) is 15.5 Å². The Balaban J connectivity index is 2.05. The maximum Gasteiger partial charge on any atom is 0.239 e. The molecule has 0 fully saturated rings. The van der Waals surface area contributed by atoms with Crippen molar-refractivity contribution in [3.8, 4) is 5.75 Å². The second kappa shape index (κ2) is 8.17. The number of methoxy groups -OCH3 is 1. The first-order valence-electron chi connectivity index (χ1n) is 9.22. The first-order valence-corrected chi connectivity index (χ1v) is 11.1. The van der Waals surface area contributed by atoms with Crippen LogP contribution in [-0.2, 0) is 9.84 Å². The molecule has 1 aromatic heterocycles. The smallest absolute Gasteiger partial charge is 0.239 e. The van der Waals surface area contributed by atoms with Crippen LogP contribution in [0.1, 0.15) is 5.56 Å². The summed E-state index contributed by atoms with van der Waals surface area (Å²) in [6.45, 7) is 1.87. The summed E-state index contributed by atoms with van der Waals surface area (Å²) in [4.78, 5) is 4.30. The number of rotatable bonds is 4. The van der Waals surface area contributed by atoms with Crippen molar-refractivity contribution < 1.29 is 22.0 Å². The number of hydrogen-bond donors (Lipinski definition) is 0. The highest BCUT2D eigenvalue weighted by Crippen LogP contribution is 2.28. The fourth-order valence-electron chi connectivity index (χ4n) is 3.05. The fraction of sp³-hybridized carbons (Fsp3) is 0.0870. The maximum absolute atomic E-state index is 13.6. The van der Waals surface area contributed by atoms with E-state index in [9.17, 15) is 12.8 Å². The lowest BCUT2D eigenvalue weighted by Gasteiger charge is -2.09. The Morgan fingerprint density at radius 2 is 1.77 bits per heavy atom. The standard InChI is InChI=1S/C23H17ClFNO4S/c1-14-6-9-17(10-7-14)31(27,28)21-12-15-4-3-5-20(29-2)22(15)30-23(21)26-16-8-11-19(25)18(24)13-16/h3-13H,1-2H3. The van der Waals surface area contributed by atoms with Crippen molar-refractivity contribution in [2.24, 2.45) is 4.99 Å². The molecule has 0 radical (unpaired) electrons. The molecule has 0 spiro atoms. The van der Waals surface area contributed by atoms with E-state index in [4.69, 9.17) is 20.8 Å². The SMILES string of the molecule is COc1cccc2cc(S(=O)(=O)c3ccc(C)cc3)c(=Nc3ccc(F)c(Cl)c3)oc12. The minimum atomic E-state index is -3.97. The van der Waals surface area contributed by atoms with Gasteiger partial charge in [-0.2, -0.15) is 0 Å². The van der Waals surface area contributed by atoms with Crippen molar-refractivity contribution in [1.29, 1.82) is 0 Å². The maximum atomic E-state index is 13.6. The van der Waals surface area contributed by atoms with Crippen LogP contribution in [0.2, 0.25) is 5.02 Å². The van der Waals surface area contributed by atoms with Gasteiger partial charge in [-0.25, -0.2) is 17.8 Å². The number of para-hydroxylation sites is 1. The van der Waals surface area contributed by atoms with Gasteiger partial charge in [-0.05, 0) is 49.4 Å². The van der Waals surface area contributed by atoms with E-state index in [0.29, 0.717) is 16.7 Å². The molecule has 0 aliphatic rings. The molecule has 0 aliphatic heterocycles. The lowest BCUT2D eigenvalue weighted by Crippen LogP contribution is -2.16. The second-order valence-corrected chi connectivity index (χ2v) is 9.15. The molecule has 31 heavy (non-hydrogen) atoms. The molecule has 0 unspecified atom stereocenters. The number of benzene rings is 3. The van der Waals surface area contributed by atoms with Crippen molar-refractivity contribution >= 4 is 38.1 Å². The molecule has 0 bridgehead atoms. The van der Waals surface area contributed by atoms with Crippen LogP contribution >= 0.6 is 11.6 Å². The van der Waals surface area contributed by atoms with E-state index in [1.54, 1.807) is 30.3 Å². The van der Waals surface area contributed by atoms with E-state index in [1.165, 1.54) is 37.4 Å².